The summed E-state index contributed by atoms with van der Waals surface area (Å²) in [5.41, 5.74) is 3.46. The summed E-state index contributed by atoms with van der Waals surface area (Å²) in [7, 11) is 0. The number of fused-ring (bicyclic) bond motifs is 1. The zero-order valence-electron chi connectivity index (χ0n) is 12.4. The molecule has 0 bridgehead atoms. The van der Waals surface area contributed by atoms with Crippen LogP contribution < -0.4 is 0 Å². The smallest absolute Gasteiger partial charge is 0.164 e. The van der Waals surface area contributed by atoms with Crippen LogP contribution in [0.2, 0.25) is 0 Å². The molecule has 1 aromatic rings. The third-order valence-electron chi connectivity index (χ3n) is 3.76. The number of rotatable bonds is 6. The molecule has 0 unspecified atom stereocenters. The minimum Gasteiger partial charge on any atom is -0.379 e. The van der Waals surface area contributed by atoms with Gasteiger partial charge in [0.05, 0.1) is 6.10 Å². The van der Waals surface area contributed by atoms with Crippen LogP contribution in [0.25, 0.3) is 0 Å². The number of ether oxygens (including phenoxy) is 1. The van der Waals surface area contributed by atoms with Crippen molar-refractivity contribution in [2.45, 2.75) is 65.5 Å². The lowest BCUT2D eigenvalue weighted by atomic mass is 9.96. The Balaban J connectivity index is 1.92. The van der Waals surface area contributed by atoms with E-state index < -0.39 is 0 Å². The number of Topliss-reactive ketones (excluding diaryl/α,β-unsaturated/α-hetero) is 1. The number of aryl methyl sites for hydroxylation is 1. The summed E-state index contributed by atoms with van der Waals surface area (Å²) in [6.45, 7) is 8.08. The molecule has 0 amide bonds. The first-order valence-corrected chi connectivity index (χ1v) is 7.43. The quantitative estimate of drug-likeness (QED) is 0.735. The van der Waals surface area contributed by atoms with E-state index in [1.807, 2.05) is 0 Å². The molecular formula is C16H25NO2. The second-order valence-electron chi connectivity index (χ2n) is 5.70. The van der Waals surface area contributed by atoms with Crippen molar-refractivity contribution in [2.75, 3.05) is 6.61 Å². The molecular weight excluding hydrogens is 238 g/mol. The van der Waals surface area contributed by atoms with Crippen molar-refractivity contribution in [1.82, 2.24) is 4.57 Å². The van der Waals surface area contributed by atoms with Crippen LogP contribution in [0.5, 0.6) is 0 Å². The highest BCUT2D eigenvalue weighted by Gasteiger charge is 2.22. The fourth-order valence-electron chi connectivity index (χ4n) is 2.79. The van der Waals surface area contributed by atoms with Crippen molar-refractivity contribution in [3.8, 4) is 0 Å². The molecule has 0 atom stereocenters. The Morgan fingerprint density at radius 3 is 2.84 bits per heavy atom. The molecule has 0 saturated heterocycles. The largest absolute Gasteiger partial charge is 0.379 e. The Morgan fingerprint density at radius 2 is 2.11 bits per heavy atom. The Morgan fingerprint density at radius 1 is 1.32 bits per heavy atom. The van der Waals surface area contributed by atoms with E-state index in [9.17, 15) is 4.79 Å². The van der Waals surface area contributed by atoms with Crippen LogP contribution in [-0.2, 0) is 17.7 Å². The van der Waals surface area contributed by atoms with Crippen LogP contribution in [-0.4, -0.2) is 23.1 Å². The van der Waals surface area contributed by atoms with E-state index in [1.54, 1.807) is 0 Å². The van der Waals surface area contributed by atoms with Crippen LogP contribution in [0.4, 0.5) is 0 Å². The van der Waals surface area contributed by atoms with Crippen LogP contribution in [0.15, 0.2) is 6.07 Å². The molecule has 0 radical (unpaired) electrons. The van der Waals surface area contributed by atoms with Crippen molar-refractivity contribution in [3.05, 3.63) is 23.0 Å². The second-order valence-corrected chi connectivity index (χ2v) is 5.70. The number of nitrogens with zero attached hydrogens (tertiary/aromatic N) is 1. The number of carbonyl (C=O) groups is 1. The lowest BCUT2D eigenvalue weighted by Crippen LogP contribution is -2.14. The molecule has 0 aromatic carbocycles. The minimum absolute atomic E-state index is 0.318. The van der Waals surface area contributed by atoms with E-state index in [0.29, 0.717) is 11.9 Å². The molecule has 3 nitrogen and oxygen atoms in total. The monoisotopic (exact) mass is 263 g/mol. The van der Waals surface area contributed by atoms with E-state index in [0.717, 1.165) is 50.8 Å². The fourth-order valence-corrected chi connectivity index (χ4v) is 2.79. The van der Waals surface area contributed by atoms with Crippen molar-refractivity contribution in [3.63, 3.8) is 0 Å². The Bertz CT molecular complexity index is 446. The van der Waals surface area contributed by atoms with Gasteiger partial charge in [0.25, 0.3) is 0 Å². The molecule has 0 fully saturated rings. The van der Waals surface area contributed by atoms with E-state index in [2.05, 4.69) is 31.4 Å². The van der Waals surface area contributed by atoms with E-state index in [1.165, 1.54) is 11.4 Å². The topological polar surface area (TPSA) is 31.2 Å². The molecule has 0 spiro atoms. The molecule has 1 aliphatic carbocycles. The third-order valence-corrected chi connectivity index (χ3v) is 3.76. The molecule has 2 rings (SSSR count). The van der Waals surface area contributed by atoms with Crippen LogP contribution in [0, 0.1) is 6.92 Å². The highest BCUT2D eigenvalue weighted by atomic mass is 16.5. The summed E-state index contributed by atoms with van der Waals surface area (Å²) in [6.07, 6.45) is 5.29. The summed E-state index contributed by atoms with van der Waals surface area (Å²) in [6, 6.07) is 2.07. The molecule has 106 valence electrons. The lowest BCUT2D eigenvalue weighted by molar-refractivity contribution is 0.0753. The van der Waals surface area contributed by atoms with Gasteiger partial charge in [-0.05, 0) is 52.5 Å². The first-order valence-electron chi connectivity index (χ1n) is 7.43. The molecule has 19 heavy (non-hydrogen) atoms. The zero-order chi connectivity index (χ0) is 13.8. The average molecular weight is 263 g/mol. The standard InChI is InChI=1S/C16H25NO2/c1-12(2)19-10-5-4-9-17-13(3)11-14-15(17)7-6-8-16(14)18/h11-12H,4-10H2,1-3H3. The van der Waals surface area contributed by atoms with E-state index in [-0.39, 0.29) is 0 Å². The lowest BCUT2D eigenvalue weighted by Gasteiger charge is -2.16. The maximum atomic E-state index is 11.9. The van der Waals surface area contributed by atoms with Gasteiger partial charge in [-0.3, -0.25) is 4.79 Å². The van der Waals surface area contributed by atoms with Gasteiger partial charge in [-0.15, -0.1) is 0 Å². The predicted octanol–water partition coefficient (Wildman–Crippen LogP) is 3.52. The van der Waals surface area contributed by atoms with Crippen molar-refractivity contribution in [1.29, 1.82) is 0 Å². The van der Waals surface area contributed by atoms with Crippen LogP contribution in [0.3, 0.4) is 0 Å². The fraction of sp³-hybridized carbons (Fsp3) is 0.688. The van der Waals surface area contributed by atoms with Crippen LogP contribution >= 0.6 is 0 Å². The Hall–Kier alpha value is -1.09. The second kappa shape index (κ2) is 6.38. The SMILES string of the molecule is Cc1cc2c(n1CCCCOC(C)C)CCCC2=O. The molecule has 0 aliphatic heterocycles. The number of unbranched alkanes of at least 4 members (excludes halogenated alkanes) is 1. The summed E-state index contributed by atoms with van der Waals surface area (Å²) in [5, 5.41) is 0. The van der Waals surface area contributed by atoms with Gasteiger partial charge in [-0.1, -0.05) is 0 Å². The van der Waals surface area contributed by atoms with E-state index >= 15 is 0 Å². The molecule has 1 aliphatic rings. The summed E-state index contributed by atoms with van der Waals surface area (Å²) < 4.78 is 7.89. The molecule has 0 saturated carbocycles. The Kier molecular flexibility index (Phi) is 4.81. The minimum atomic E-state index is 0.318. The van der Waals surface area contributed by atoms with Gasteiger partial charge in [-0.2, -0.15) is 0 Å². The molecule has 3 heteroatoms. The predicted molar refractivity (Wildman–Crippen MR) is 76.8 cm³/mol. The molecule has 0 N–H and O–H groups in total. The number of aromatic nitrogens is 1. The van der Waals surface area contributed by atoms with Gasteiger partial charge in [0.2, 0.25) is 0 Å². The molecule has 1 aromatic heterocycles. The van der Waals surface area contributed by atoms with Crippen LogP contribution in [0.1, 0.15) is 61.3 Å². The zero-order valence-corrected chi connectivity index (χ0v) is 12.4. The summed E-state index contributed by atoms with van der Waals surface area (Å²) in [5.74, 6) is 0.325. The number of hydrogen-bond acceptors (Lipinski definition) is 2. The number of carbonyl (C=O) groups excluding carboxylic acids is 1. The highest BCUT2D eigenvalue weighted by Crippen LogP contribution is 2.25. The van der Waals surface area contributed by atoms with Crippen molar-refractivity contribution in [2.24, 2.45) is 0 Å². The number of ketones is 1. The number of hydrogen-bond donors (Lipinski definition) is 0. The summed E-state index contributed by atoms with van der Waals surface area (Å²) >= 11 is 0. The van der Waals surface area contributed by atoms with Gasteiger partial charge < -0.3 is 9.30 Å². The first-order chi connectivity index (χ1) is 9.09. The third kappa shape index (κ3) is 3.47. The Labute approximate surface area is 115 Å². The van der Waals surface area contributed by atoms with Crippen molar-refractivity contribution >= 4 is 5.78 Å². The van der Waals surface area contributed by atoms with Gasteiger partial charge in [0.1, 0.15) is 0 Å². The molecule has 1 heterocycles. The van der Waals surface area contributed by atoms with Gasteiger partial charge in [-0.25, -0.2) is 0 Å². The van der Waals surface area contributed by atoms with E-state index in [4.69, 9.17) is 4.74 Å². The maximum Gasteiger partial charge on any atom is 0.164 e. The summed E-state index contributed by atoms with van der Waals surface area (Å²) in [4.78, 5) is 11.9. The maximum absolute atomic E-state index is 11.9. The van der Waals surface area contributed by atoms with Crippen molar-refractivity contribution < 1.29 is 9.53 Å². The first kappa shape index (κ1) is 14.3. The van der Waals surface area contributed by atoms with Gasteiger partial charge in [0, 0.05) is 36.5 Å². The van der Waals surface area contributed by atoms with Gasteiger partial charge in [0.15, 0.2) is 5.78 Å². The highest BCUT2D eigenvalue weighted by molar-refractivity contribution is 5.98. The average Bonchev–Trinajstić information content (AvgIpc) is 2.67. The van der Waals surface area contributed by atoms with Gasteiger partial charge >= 0.3 is 0 Å². The normalized spacial score (nSPS) is 15.1.